The van der Waals surface area contributed by atoms with Gasteiger partial charge in [-0.3, -0.25) is 0 Å². The molecule has 2 nitrogen and oxygen atoms in total. The number of hydrogen-bond donors (Lipinski definition) is 0. The van der Waals surface area contributed by atoms with Crippen LogP contribution in [-0.4, -0.2) is 19.5 Å². The summed E-state index contributed by atoms with van der Waals surface area (Å²) in [6.45, 7) is 5.68. The molecule has 0 aromatic rings. The molecule has 0 N–H and O–H groups in total. The van der Waals surface area contributed by atoms with Gasteiger partial charge in [-0.15, -0.1) is 0 Å². The molecule has 58 valence electrons. The molecule has 10 heavy (non-hydrogen) atoms. The van der Waals surface area contributed by atoms with Crippen LogP contribution in [0.3, 0.4) is 0 Å². The highest BCUT2D eigenvalue weighted by Crippen LogP contribution is 2.12. The van der Waals surface area contributed by atoms with E-state index >= 15 is 0 Å². The average Bonchev–Trinajstić information content (AvgIpc) is 2.05. The lowest BCUT2D eigenvalue weighted by molar-refractivity contribution is -0.156. The van der Waals surface area contributed by atoms with Crippen molar-refractivity contribution in [3.8, 4) is 0 Å². The van der Waals surface area contributed by atoms with Crippen LogP contribution in [0.1, 0.15) is 20.3 Å². The van der Waals surface area contributed by atoms with Crippen molar-refractivity contribution in [1.29, 1.82) is 0 Å². The first-order valence-electron chi connectivity index (χ1n) is 3.70. The van der Waals surface area contributed by atoms with Crippen LogP contribution >= 0.6 is 0 Å². The molecule has 2 heteroatoms. The summed E-state index contributed by atoms with van der Waals surface area (Å²) >= 11 is 0. The Bertz CT molecular complexity index is 123. The molecule has 0 saturated carbocycles. The van der Waals surface area contributed by atoms with Gasteiger partial charge in [-0.25, -0.2) is 0 Å². The van der Waals surface area contributed by atoms with Gasteiger partial charge in [0.25, 0.3) is 0 Å². The zero-order chi connectivity index (χ0) is 7.40. The lowest BCUT2D eigenvalue weighted by Gasteiger charge is -2.23. The molecular formula is C8H14O2. The smallest absolute Gasteiger partial charge is 0.179 e. The highest BCUT2D eigenvalue weighted by Gasteiger charge is 2.14. The van der Waals surface area contributed by atoms with Crippen molar-refractivity contribution >= 4 is 0 Å². The predicted octanol–water partition coefficient (Wildman–Crippen LogP) is 1.72. The van der Waals surface area contributed by atoms with Gasteiger partial charge in [0.05, 0.1) is 13.2 Å². The summed E-state index contributed by atoms with van der Waals surface area (Å²) in [5, 5.41) is 0. The maximum Gasteiger partial charge on any atom is 0.179 e. The molecule has 0 aromatic heterocycles. The van der Waals surface area contributed by atoms with Crippen LogP contribution < -0.4 is 0 Å². The molecular weight excluding hydrogens is 128 g/mol. The van der Waals surface area contributed by atoms with E-state index in [0.717, 1.165) is 19.6 Å². The van der Waals surface area contributed by atoms with Gasteiger partial charge < -0.3 is 9.47 Å². The minimum atomic E-state index is -0.0706. The van der Waals surface area contributed by atoms with E-state index in [1.807, 2.05) is 19.9 Å². The van der Waals surface area contributed by atoms with Gasteiger partial charge in [0, 0.05) is 0 Å². The molecule has 1 aliphatic rings. The van der Waals surface area contributed by atoms with Crippen LogP contribution in [0, 0.1) is 0 Å². The van der Waals surface area contributed by atoms with Gasteiger partial charge in [0.2, 0.25) is 0 Å². The molecule has 0 amide bonds. The normalized spacial score (nSPS) is 23.2. The fourth-order valence-corrected chi connectivity index (χ4v) is 0.887. The molecule has 0 radical (unpaired) electrons. The zero-order valence-corrected chi connectivity index (χ0v) is 6.59. The second kappa shape index (κ2) is 3.74. The Labute approximate surface area is 61.8 Å². The second-order valence-electron chi connectivity index (χ2n) is 2.46. The van der Waals surface area contributed by atoms with E-state index in [2.05, 4.69) is 0 Å². The lowest BCUT2D eigenvalue weighted by Crippen LogP contribution is -2.25. The van der Waals surface area contributed by atoms with Gasteiger partial charge in [-0.05, 0) is 25.8 Å². The van der Waals surface area contributed by atoms with E-state index in [0.29, 0.717) is 0 Å². The molecule has 0 unspecified atom stereocenters. The summed E-state index contributed by atoms with van der Waals surface area (Å²) in [6, 6.07) is 0. The fraction of sp³-hybridized carbons (Fsp3) is 0.750. The first-order valence-corrected chi connectivity index (χ1v) is 3.70. The van der Waals surface area contributed by atoms with Crippen LogP contribution in [0.5, 0.6) is 0 Å². The minimum absolute atomic E-state index is 0.0706. The zero-order valence-electron chi connectivity index (χ0n) is 6.59. The third kappa shape index (κ3) is 1.82. The van der Waals surface area contributed by atoms with Crippen LogP contribution in [0.2, 0.25) is 0 Å². The predicted molar refractivity (Wildman–Crippen MR) is 39.7 cm³/mol. The Morgan fingerprint density at radius 2 is 2.00 bits per heavy atom. The Hall–Kier alpha value is -0.340. The van der Waals surface area contributed by atoms with Crippen molar-refractivity contribution < 1.29 is 9.47 Å². The van der Waals surface area contributed by atoms with Crippen LogP contribution in [0.4, 0.5) is 0 Å². The topological polar surface area (TPSA) is 18.5 Å². The highest BCUT2D eigenvalue weighted by atomic mass is 16.7. The summed E-state index contributed by atoms with van der Waals surface area (Å²) in [6.07, 6.45) is 2.97. The van der Waals surface area contributed by atoms with Crippen molar-refractivity contribution in [2.45, 2.75) is 26.6 Å². The maximum absolute atomic E-state index is 5.34. The Kier molecular flexibility index (Phi) is 2.90. The van der Waals surface area contributed by atoms with Crippen molar-refractivity contribution in [2.75, 3.05) is 13.2 Å². The molecule has 1 saturated heterocycles. The third-order valence-corrected chi connectivity index (χ3v) is 1.65. The molecule has 0 aliphatic carbocycles. The van der Waals surface area contributed by atoms with Crippen LogP contribution in [0.25, 0.3) is 0 Å². The largest absolute Gasteiger partial charge is 0.349 e. The summed E-state index contributed by atoms with van der Waals surface area (Å²) < 4.78 is 10.7. The first kappa shape index (κ1) is 7.76. The molecule has 1 rings (SSSR count). The number of rotatable bonds is 1. The lowest BCUT2D eigenvalue weighted by atomic mass is 10.2. The van der Waals surface area contributed by atoms with E-state index in [9.17, 15) is 0 Å². The Morgan fingerprint density at radius 1 is 1.40 bits per heavy atom. The average molecular weight is 142 g/mol. The van der Waals surface area contributed by atoms with Crippen molar-refractivity contribution in [3.05, 3.63) is 11.6 Å². The van der Waals surface area contributed by atoms with E-state index in [1.165, 1.54) is 5.57 Å². The highest BCUT2D eigenvalue weighted by molar-refractivity contribution is 4.99. The molecule has 0 bridgehead atoms. The van der Waals surface area contributed by atoms with E-state index in [1.54, 1.807) is 0 Å². The van der Waals surface area contributed by atoms with Crippen LogP contribution in [0.15, 0.2) is 11.6 Å². The van der Waals surface area contributed by atoms with Gasteiger partial charge in [0.15, 0.2) is 6.29 Å². The molecule has 0 aromatic carbocycles. The molecule has 0 atom stereocenters. The summed E-state index contributed by atoms with van der Waals surface area (Å²) in [5.74, 6) is 0. The van der Waals surface area contributed by atoms with Gasteiger partial charge in [0.1, 0.15) is 0 Å². The van der Waals surface area contributed by atoms with Crippen LogP contribution in [-0.2, 0) is 9.47 Å². The van der Waals surface area contributed by atoms with Crippen molar-refractivity contribution in [1.82, 2.24) is 0 Å². The standard InChI is InChI=1S/C8H14O2/c1-3-7(2)8-9-5-4-6-10-8/h3,8H,4-6H2,1-2H3/b7-3+. The number of allylic oxidation sites excluding steroid dienone is 1. The Morgan fingerprint density at radius 3 is 2.50 bits per heavy atom. The quantitative estimate of drug-likeness (QED) is 0.519. The van der Waals surface area contributed by atoms with Gasteiger partial charge in [-0.2, -0.15) is 0 Å². The SMILES string of the molecule is C/C=C(\C)C1OCCCO1. The van der Waals surface area contributed by atoms with E-state index < -0.39 is 0 Å². The number of hydrogen-bond acceptors (Lipinski definition) is 2. The van der Waals surface area contributed by atoms with E-state index in [4.69, 9.17) is 9.47 Å². The molecule has 1 heterocycles. The molecule has 0 spiro atoms. The first-order chi connectivity index (χ1) is 4.84. The third-order valence-electron chi connectivity index (χ3n) is 1.65. The minimum Gasteiger partial charge on any atom is -0.349 e. The Balaban J connectivity index is 2.39. The summed E-state index contributed by atoms with van der Waals surface area (Å²) in [5.41, 5.74) is 1.17. The van der Waals surface area contributed by atoms with Gasteiger partial charge >= 0.3 is 0 Å². The van der Waals surface area contributed by atoms with E-state index in [-0.39, 0.29) is 6.29 Å². The maximum atomic E-state index is 5.34. The van der Waals surface area contributed by atoms with Crippen molar-refractivity contribution in [2.24, 2.45) is 0 Å². The second-order valence-corrected chi connectivity index (χ2v) is 2.46. The molecule has 1 fully saturated rings. The van der Waals surface area contributed by atoms with Crippen molar-refractivity contribution in [3.63, 3.8) is 0 Å². The fourth-order valence-electron chi connectivity index (χ4n) is 0.887. The summed E-state index contributed by atoms with van der Waals surface area (Å²) in [4.78, 5) is 0. The molecule has 1 aliphatic heterocycles. The monoisotopic (exact) mass is 142 g/mol. The summed E-state index contributed by atoms with van der Waals surface area (Å²) in [7, 11) is 0. The van der Waals surface area contributed by atoms with Gasteiger partial charge in [-0.1, -0.05) is 6.08 Å². The number of ether oxygens (including phenoxy) is 2.